The first-order valence-corrected chi connectivity index (χ1v) is 10.6. The molecule has 2 N–H and O–H groups in total. The molecule has 5 nitrogen and oxygen atoms in total. The van der Waals surface area contributed by atoms with Gasteiger partial charge in [0, 0.05) is 16.8 Å². The van der Waals surface area contributed by atoms with E-state index in [1.54, 1.807) is 0 Å². The summed E-state index contributed by atoms with van der Waals surface area (Å²) in [6.45, 7) is 3.98. The van der Waals surface area contributed by atoms with Gasteiger partial charge in [-0.15, -0.1) is 11.3 Å². The number of carbonyl (C=O) groups excluding carboxylic acids is 2. The van der Waals surface area contributed by atoms with E-state index >= 15 is 0 Å². The molecule has 7 heteroatoms. The lowest BCUT2D eigenvalue weighted by Gasteiger charge is -2.05. The number of carbonyl (C=O) groups is 2. The zero-order valence-electron chi connectivity index (χ0n) is 15.7. The summed E-state index contributed by atoms with van der Waals surface area (Å²) in [6.07, 6.45) is 0.209. The molecule has 28 heavy (non-hydrogen) atoms. The monoisotopic (exact) mass is 411 g/mol. The molecule has 2 amide bonds. The summed E-state index contributed by atoms with van der Waals surface area (Å²) in [5.74, 6) is 0.0865. The number of aromatic nitrogens is 1. The first-order chi connectivity index (χ1) is 13.5. The SMILES string of the molecule is Cc1ccc(NC(=O)CSc2nc(CC(=O)Nc3cccc(C)c3)cs2)cc1. The Kier molecular flexibility index (Phi) is 6.84. The Morgan fingerprint density at radius 2 is 1.71 bits per heavy atom. The van der Waals surface area contributed by atoms with Gasteiger partial charge in [0.05, 0.1) is 17.9 Å². The summed E-state index contributed by atoms with van der Waals surface area (Å²) in [5, 5.41) is 7.60. The normalized spacial score (nSPS) is 10.5. The van der Waals surface area contributed by atoms with Gasteiger partial charge in [0.1, 0.15) is 0 Å². The van der Waals surface area contributed by atoms with Gasteiger partial charge >= 0.3 is 0 Å². The fraction of sp³-hybridized carbons (Fsp3) is 0.190. The minimum Gasteiger partial charge on any atom is -0.326 e. The number of thioether (sulfide) groups is 1. The van der Waals surface area contributed by atoms with Crippen molar-refractivity contribution in [1.29, 1.82) is 0 Å². The van der Waals surface area contributed by atoms with Crippen molar-refractivity contribution in [2.24, 2.45) is 0 Å². The number of anilines is 2. The zero-order valence-corrected chi connectivity index (χ0v) is 17.3. The highest BCUT2D eigenvalue weighted by Crippen LogP contribution is 2.23. The van der Waals surface area contributed by atoms with Crippen LogP contribution in [-0.2, 0) is 16.0 Å². The minimum atomic E-state index is -0.107. The lowest BCUT2D eigenvalue weighted by Crippen LogP contribution is -2.15. The summed E-state index contributed by atoms with van der Waals surface area (Å²) in [4.78, 5) is 28.7. The summed E-state index contributed by atoms with van der Waals surface area (Å²) in [5.41, 5.74) is 4.51. The second-order valence-corrected chi connectivity index (χ2v) is 8.48. The number of amides is 2. The number of aryl methyl sites for hydroxylation is 2. The van der Waals surface area contributed by atoms with Crippen LogP contribution in [0.4, 0.5) is 11.4 Å². The first-order valence-electron chi connectivity index (χ1n) is 8.78. The van der Waals surface area contributed by atoms with Crippen LogP contribution in [0.5, 0.6) is 0 Å². The number of hydrogen-bond acceptors (Lipinski definition) is 5. The van der Waals surface area contributed by atoms with Gasteiger partial charge in [0.2, 0.25) is 11.8 Å². The van der Waals surface area contributed by atoms with Crippen LogP contribution in [-0.4, -0.2) is 22.6 Å². The molecular weight excluding hydrogens is 390 g/mol. The van der Waals surface area contributed by atoms with Crippen molar-refractivity contribution < 1.29 is 9.59 Å². The van der Waals surface area contributed by atoms with Gasteiger partial charge in [0.25, 0.3) is 0 Å². The van der Waals surface area contributed by atoms with E-state index in [1.807, 2.05) is 67.8 Å². The highest BCUT2D eigenvalue weighted by Gasteiger charge is 2.10. The van der Waals surface area contributed by atoms with Crippen molar-refractivity contribution in [2.45, 2.75) is 24.6 Å². The summed E-state index contributed by atoms with van der Waals surface area (Å²) >= 11 is 2.81. The van der Waals surface area contributed by atoms with E-state index < -0.39 is 0 Å². The predicted molar refractivity (Wildman–Crippen MR) is 116 cm³/mol. The third kappa shape index (κ3) is 6.21. The van der Waals surface area contributed by atoms with Gasteiger partial charge in [-0.25, -0.2) is 4.98 Å². The molecule has 0 bridgehead atoms. The molecular formula is C21H21N3O2S2. The third-order valence-corrected chi connectivity index (χ3v) is 5.91. The standard InChI is InChI=1S/C21H21N3O2S2/c1-14-6-8-16(9-7-14)22-20(26)13-28-21-24-18(12-27-21)11-19(25)23-17-5-3-4-15(2)10-17/h3-10,12H,11,13H2,1-2H3,(H,22,26)(H,23,25). The fourth-order valence-electron chi connectivity index (χ4n) is 2.49. The second-order valence-electron chi connectivity index (χ2n) is 6.40. The number of benzene rings is 2. The van der Waals surface area contributed by atoms with Crippen molar-refractivity contribution in [3.63, 3.8) is 0 Å². The van der Waals surface area contributed by atoms with Gasteiger partial charge in [-0.2, -0.15) is 0 Å². The van der Waals surface area contributed by atoms with Gasteiger partial charge in [-0.05, 0) is 43.7 Å². The molecule has 144 valence electrons. The Morgan fingerprint density at radius 1 is 0.964 bits per heavy atom. The number of thiazole rings is 1. The fourth-order valence-corrected chi connectivity index (χ4v) is 4.13. The van der Waals surface area contributed by atoms with Gasteiger partial charge in [-0.3, -0.25) is 9.59 Å². The van der Waals surface area contributed by atoms with Crippen LogP contribution in [0.25, 0.3) is 0 Å². The Morgan fingerprint density at radius 3 is 2.46 bits per heavy atom. The molecule has 0 atom stereocenters. The average molecular weight is 412 g/mol. The molecule has 2 aromatic carbocycles. The van der Waals surface area contributed by atoms with Crippen molar-refractivity contribution in [1.82, 2.24) is 4.98 Å². The highest BCUT2D eigenvalue weighted by atomic mass is 32.2. The highest BCUT2D eigenvalue weighted by molar-refractivity contribution is 8.01. The summed E-state index contributed by atoms with van der Waals surface area (Å²) < 4.78 is 0.775. The molecule has 1 heterocycles. The maximum absolute atomic E-state index is 12.2. The van der Waals surface area contributed by atoms with Crippen molar-refractivity contribution in [3.05, 3.63) is 70.7 Å². The zero-order chi connectivity index (χ0) is 19.9. The van der Waals surface area contributed by atoms with Crippen LogP contribution in [0.15, 0.2) is 58.3 Å². The van der Waals surface area contributed by atoms with E-state index in [1.165, 1.54) is 23.1 Å². The Labute approximate surface area is 172 Å². The smallest absolute Gasteiger partial charge is 0.234 e. The van der Waals surface area contributed by atoms with E-state index in [0.29, 0.717) is 5.69 Å². The molecule has 0 spiro atoms. The van der Waals surface area contributed by atoms with E-state index in [-0.39, 0.29) is 24.0 Å². The van der Waals surface area contributed by atoms with E-state index in [2.05, 4.69) is 15.6 Å². The molecule has 0 saturated carbocycles. The van der Waals surface area contributed by atoms with E-state index in [9.17, 15) is 9.59 Å². The van der Waals surface area contributed by atoms with Crippen molar-refractivity contribution in [2.75, 3.05) is 16.4 Å². The van der Waals surface area contributed by atoms with Crippen LogP contribution in [0, 0.1) is 13.8 Å². The summed E-state index contributed by atoms with van der Waals surface area (Å²) in [7, 11) is 0. The second kappa shape index (κ2) is 9.52. The van der Waals surface area contributed by atoms with Crippen molar-refractivity contribution in [3.8, 4) is 0 Å². The molecule has 0 aliphatic carbocycles. The van der Waals surface area contributed by atoms with Crippen LogP contribution in [0.3, 0.4) is 0 Å². The molecule has 0 saturated heterocycles. The maximum atomic E-state index is 12.2. The quantitative estimate of drug-likeness (QED) is 0.554. The average Bonchev–Trinajstić information content (AvgIpc) is 3.09. The van der Waals surface area contributed by atoms with Crippen LogP contribution in [0.2, 0.25) is 0 Å². The first kappa shape index (κ1) is 20.1. The number of rotatable bonds is 7. The number of nitrogens with one attached hydrogen (secondary N) is 2. The molecule has 0 aliphatic rings. The van der Waals surface area contributed by atoms with E-state index in [4.69, 9.17) is 0 Å². The molecule has 3 rings (SSSR count). The summed E-state index contributed by atoms with van der Waals surface area (Å²) in [6, 6.07) is 15.3. The number of hydrogen-bond donors (Lipinski definition) is 2. The molecule has 0 unspecified atom stereocenters. The topological polar surface area (TPSA) is 71.1 Å². The van der Waals surface area contributed by atoms with Gasteiger partial charge in [-0.1, -0.05) is 41.6 Å². The largest absolute Gasteiger partial charge is 0.326 e. The third-order valence-electron chi connectivity index (χ3n) is 3.84. The molecule has 3 aromatic rings. The van der Waals surface area contributed by atoms with Crippen molar-refractivity contribution >= 4 is 46.3 Å². The van der Waals surface area contributed by atoms with Gasteiger partial charge < -0.3 is 10.6 Å². The molecule has 0 aliphatic heterocycles. The van der Waals surface area contributed by atoms with Crippen LogP contribution >= 0.6 is 23.1 Å². The molecule has 1 aromatic heterocycles. The maximum Gasteiger partial charge on any atom is 0.234 e. The predicted octanol–water partition coefficient (Wildman–Crippen LogP) is 4.67. The minimum absolute atomic E-state index is 0.0807. The molecule has 0 fully saturated rings. The Bertz CT molecular complexity index is 968. The number of nitrogens with zero attached hydrogens (tertiary/aromatic N) is 1. The van der Waals surface area contributed by atoms with Crippen LogP contribution in [0.1, 0.15) is 16.8 Å². The molecule has 0 radical (unpaired) electrons. The Balaban J connectivity index is 1.46. The van der Waals surface area contributed by atoms with E-state index in [0.717, 1.165) is 26.8 Å². The Hall–Kier alpha value is -2.64. The van der Waals surface area contributed by atoms with Crippen LogP contribution < -0.4 is 10.6 Å². The lowest BCUT2D eigenvalue weighted by atomic mass is 10.2. The van der Waals surface area contributed by atoms with Gasteiger partial charge in [0.15, 0.2) is 4.34 Å². The lowest BCUT2D eigenvalue weighted by molar-refractivity contribution is -0.116.